The molecule has 44 heavy (non-hydrogen) atoms. The van der Waals surface area contributed by atoms with Gasteiger partial charge in [-0.05, 0) is 67.1 Å². The first kappa shape index (κ1) is 30.7. The highest BCUT2D eigenvalue weighted by molar-refractivity contribution is 5.85. The van der Waals surface area contributed by atoms with Crippen molar-refractivity contribution in [2.24, 2.45) is 0 Å². The van der Waals surface area contributed by atoms with Gasteiger partial charge in [-0.15, -0.1) is 6.58 Å². The summed E-state index contributed by atoms with van der Waals surface area (Å²) >= 11 is 0. The van der Waals surface area contributed by atoms with E-state index >= 15 is 0 Å². The van der Waals surface area contributed by atoms with E-state index < -0.39 is 36.2 Å². The Morgan fingerprint density at radius 1 is 0.841 bits per heavy atom. The van der Waals surface area contributed by atoms with Crippen LogP contribution in [0, 0.1) is 13.8 Å². The quantitative estimate of drug-likeness (QED) is 0.191. The molecule has 8 bridgehead atoms. The summed E-state index contributed by atoms with van der Waals surface area (Å²) in [5.41, 5.74) is 8.86. The van der Waals surface area contributed by atoms with Crippen LogP contribution in [0.1, 0.15) is 101 Å². The molecule has 0 saturated carbocycles. The van der Waals surface area contributed by atoms with E-state index in [1.54, 1.807) is 6.92 Å². The Morgan fingerprint density at radius 2 is 1.45 bits per heavy atom. The van der Waals surface area contributed by atoms with Gasteiger partial charge in [-0.1, -0.05) is 26.8 Å². The van der Waals surface area contributed by atoms with Gasteiger partial charge in [0.25, 0.3) is 0 Å². The summed E-state index contributed by atoms with van der Waals surface area (Å²) in [4.78, 5) is 53.3. The van der Waals surface area contributed by atoms with Crippen LogP contribution < -0.4 is 0 Å². The molecule has 4 unspecified atom stereocenters. The van der Waals surface area contributed by atoms with Gasteiger partial charge >= 0.3 is 17.9 Å². The molecule has 0 aliphatic carbocycles. The van der Waals surface area contributed by atoms with Gasteiger partial charge in [0.05, 0.1) is 17.8 Å². The maximum atomic E-state index is 12.7. The van der Waals surface area contributed by atoms with Crippen molar-refractivity contribution in [1.29, 1.82) is 0 Å². The van der Waals surface area contributed by atoms with Crippen LogP contribution in [0.5, 0.6) is 0 Å². The molecule has 2 aliphatic rings. The third kappa shape index (κ3) is 5.29. The van der Waals surface area contributed by atoms with E-state index in [9.17, 15) is 29.7 Å². The maximum Gasteiger partial charge on any atom is 0.313 e. The molecule has 0 aromatic carbocycles. The number of aromatic nitrogens is 4. The van der Waals surface area contributed by atoms with Crippen molar-refractivity contribution in [3.8, 4) is 0 Å². The zero-order valence-corrected chi connectivity index (χ0v) is 25.6. The molecule has 4 atom stereocenters. The van der Waals surface area contributed by atoms with Gasteiger partial charge in [0, 0.05) is 63.2 Å². The fourth-order valence-electron chi connectivity index (χ4n) is 6.75. The topological polar surface area (TPSA) is 169 Å². The number of aryl methyl sites for hydroxylation is 4. The summed E-state index contributed by atoms with van der Waals surface area (Å²) < 4.78 is 0. The second-order valence-electron chi connectivity index (χ2n) is 11.8. The number of aromatic amines is 2. The Morgan fingerprint density at radius 3 is 2.07 bits per heavy atom. The van der Waals surface area contributed by atoms with Crippen LogP contribution in [-0.4, -0.2) is 53.2 Å². The second-order valence-corrected chi connectivity index (χ2v) is 11.8. The third-order valence-corrected chi connectivity index (χ3v) is 9.26. The minimum Gasteiger partial charge on any atom is -0.481 e. The molecule has 10 heteroatoms. The number of carboxylic acids is 3. The van der Waals surface area contributed by atoms with Gasteiger partial charge in [-0.2, -0.15) is 0 Å². The fourth-order valence-corrected chi connectivity index (χ4v) is 6.75. The molecule has 0 spiro atoms. The lowest BCUT2D eigenvalue weighted by Gasteiger charge is -2.13. The SMILES string of the molecule is C=CC1c2cc3[nH]c(cc4nc(c(CC(=O)O)c5[nH]c(cc(n2)C1C)c(C)c5CCC(=O)O)C(C(=O)O)C4C)c(CC)c3C. The molecule has 10 nitrogen and oxygen atoms in total. The predicted molar refractivity (Wildman–Crippen MR) is 167 cm³/mol. The van der Waals surface area contributed by atoms with Gasteiger partial charge in [0.1, 0.15) is 5.92 Å². The third-order valence-electron chi connectivity index (χ3n) is 9.26. The number of carbonyl (C=O) groups is 3. The van der Waals surface area contributed by atoms with Crippen molar-refractivity contribution in [1.82, 2.24) is 19.9 Å². The molecule has 2 aliphatic heterocycles. The fraction of sp³-hybridized carbons (Fsp3) is 0.382. The lowest BCUT2D eigenvalue weighted by molar-refractivity contribution is -0.140. The summed E-state index contributed by atoms with van der Waals surface area (Å²) in [6.07, 6.45) is 2.08. The van der Waals surface area contributed by atoms with Gasteiger partial charge in [-0.3, -0.25) is 24.4 Å². The molecule has 5 heterocycles. The lowest BCUT2D eigenvalue weighted by atomic mass is 9.88. The van der Waals surface area contributed by atoms with E-state index in [1.165, 1.54) is 0 Å². The minimum atomic E-state index is -1.15. The number of hydrogen-bond donors (Lipinski definition) is 5. The smallest absolute Gasteiger partial charge is 0.313 e. The molecule has 0 saturated heterocycles. The number of nitrogens with one attached hydrogen (secondary N) is 2. The van der Waals surface area contributed by atoms with Gasteiger partial charge in [0.15, 0.2) is 0 Å². The van der Waals surface area contributed by atoms with Crippen molar-refractivity contribution in [3.63, 3.8) is 0 Å². The molecule has 5 rings (SSSR count). The Balaban J connectivity index is 2.03. The van der Waals surface area contributed by atoms with Crippen molar-refractivity contribution in [3.05, 3.63) is 81.4 Å². The number of allylic oxidation sites excluding steroid dienone is 1. The first-order valence-corrected chi connectivity index (χ1v) is 14.9. The largest absolute Gasteiger partial charge is 0.481 e. The zero-order chi connectivity index (χ0) is 32.0. The Hall–Kier alpha value is -4.73. The molecule has 0 radical (unpaired) electrons. The van der Waals surface area contributed by atoms with Crippen molar-refractivity contribution in [2.75, 3.05) is 0 Å². The van der Waals surface area contributed by atoms with E-state index in [1.807, 2.05) is 38.1 Å². The molecule has 230 valence electrons. The molecule has 0 amide bonds. The second kappa shape index (κ2) is 11.7. The van der Waals surface area contributed by atoms with Crippen LogP contribution >= 0.6 is 0 Å². The van der Waals surface area contributed by atoms with E-state index in [0.717, 1.165) is 45.5 Å². The van der Waals surface area contributed by atoms with Crippen molar-refractivity contribution >= 4 is 40.0 Å². The van der Waals surface area contributed by atoms with E-state index in [4.69, 9.17) is 9.97 Å². The number of nitrogens with zero attached hydrogens (tertiary/aromatic N) is 2. The highest BCUT2D eigenvalue weighted by Crippen LogP contribution is 2.41. The number of hydrogen-bond acceptors (Lipinski definition) is 5. The summed E-state index contributed by atoms with van der Waals surface area (Å²) in [6.45, 7) is 13.9. The number of rotatable bonds is 8. The first-order chi connectivity index (χ1) is 20.9. The number of carboxylic acid groups (broad SMARTS) is 3. The first-order valence-electron chi connectivity index (χ1n) is 14.9. The Bertz CT molecular complexity index is 1870. The van der Waals surface area contributed by atoms with Crippen LogP contribution in [0.4, 0.5) is 0 Å². The van der Waals surface area contributed by atoms with E-state index in [2.05, 4.69) is 30.4 Å². The van der Waals surface area contributed by atoms with Crippen LogP contribution in [0.3, 0.4) is 0 Å². The van der Waals surface area contributed by atoms with Gasteiger partial charge < -0.3 is 25.3 Å². The molecular formula is C34H38N4O6. The molecule has 0 fully saturated rings. The standard InChI is InChI=1S/C34H38N4O6/c1-7-19-15(3)23-12-25-17(5)21(9-10-29(39)40)32(37-25)22(11-30(41)42)33-31(34(43)44)18(6)26(38-33)14-28-20(8-2)16(4)24(36-28)13-27(19)35-23/h7,12-15,18-19,31,36-37H,1,8-11H2,2-6H3,(H,39,40)(H,41,42)(H,43,44). The number of aliphatic carboxylic acids is 3. The normalized spacial score (nSPS) is 19.6. The minimum absolute atomic E-state index is 0.00865. The average Bonchev–Trinajstić information content (AvgIpc) is 3.63. The molecular weight excluding hydrogens is 560 g/mol. The van der Waals surface area contributed by atoms with Crippen molar-refractivity contribution < 1.29 is 29.7 Å². The van der Waals surface area contributed by atoms with E-state index in [0.29, 0.717) is 22.3 Å². The molecule has 5 N–H and O–H groups in total. The van der Waals surface area contributed by atoms with E-state index in [-0.39, 0.29) is 35.9 Å². The zero-order valence-electron chi connectivity index (χ0n) is 25.6. The summed E-state index contributed by atoms with van der Waals surface area (Å²) in [5, 5.41) is 29.9. The van der Waals surface area contributed by atoms with Crippen LogP contribution in [-0.2, 0) is 33.6 Å². The number of fused-ring (bicyclic) bond motifs is 8. The monoisotopic (exact) mass is 598 g/mol. The number of H-pyrrole nitrogens is 2. The summed E-state index contributed by atoms with van der Waals surface area (Å²) in [6, 6.07) is 5.83. The van der Waals surface area contributed by atoms with Gasteiger partial charge in [-0.25, -0.2) is 0 Å². The summed E-state index contributed by atoms with van der Waals surface area (Å²) in [7, 11) is 0. The Kier molecular flexibility index (Phi) is 8.20. The van der Waals surface area contributed by atoms with Gasteiger partial charge in [0.2, 0.25) is 0 Å². The van der Waals surface area contributed by atoms with Crippen LogP contribution in [0.2, 0.25) is 0 Å². The lowest BCUT2D eigenvalue weighted by Crippen LogP contribution is -2.16. The van der Waals surface area contributed by atoms with Crippen molar-refractivity contribution in [2.45, 2.75) is 84.0 Å². The summed E-state index contributed by atoms with van der Waals surface area (Å²) in [5.74, 6) is -4.94. The highest BCUT2D eigenvalue weighted by Gasteiger charge is 2.37. The maximum absolute atomic E-state index is 12.7. The molecule has 3 aromatic rings. The highest BCUT2D eigenvalue weighted by atomic mass is 16.4. The average molecular weight is 599 g/mol. The predicted octanol–water partition coefficient (Wildman–Crippen LogP) is 6.18. The molecule has 3 aromatic heterocycles. The van der Waals surface area contributed by atoms with Crippen LogP contribution in [0.25, 0.3) is 22.1 Å². The Labute approximate surface area is 254 Å². The van der Waals surface area contributed by atoms with Crippen LogP contribution in [0.15, 0.2) is 30.9 Å².